The van der Waals surface area contributed by atoms with E-state index in [-0.39, 0.29) is 30.4 Å². The lowest BCUT2D eigenvalue weighted by atomic mass is 10.1. The first kappa shape index (κ1) is 21.5. The molecule has 0 aliphatic heterocycles. The third kappa shape index (κ3) is 7.47. The van der Waals surface area contributed by atoms with Crippen molar-refractivity contribution in [3.63, 3.8) is 0 Å². The summed E-state index contributed by atoms with van der Waals surface area (Å²) in [5.74, 6) is -0.933. The van der Waals surface area contributed by atoms with E-state index < -0.39 is 21.8 Å². The first-order chi connectivity index (χ1) is 11.2. The summed E-state index contributed by atoms with van der Waals surface area (Å²) in [7, 11) is -3.16. The van der Waals surface area contributed by atoms with E-state index in [1.165, 1.54) is 23.5 Å². The van der Waals surface area contributed by atoms with Gasteiger partial charge in [-0.15, -0.1) is 23.7 Å². The Morgan fingerprint density at radius 1 is 1.44 bits per heavy atom. The van der Waals surface area contributed by atoms with Gasteiger partial charge in [-0.05, 0) is 24.1 Å². The molecule has 0 saturated carbocycles. The monoisotopic (exact) mass is 407 g/mol. The summed E-state index contributed by atoms with van der Waals surface area (Å²) in [6.07, 6.45) is 3.25. The van der Waals surface area contributed by atoms with Crippen LogP contribution in [-0.2, 0) is 21.1 Å². The van der Waals surface area contributed by atoms with Crippen LogP contribution in [0.15, 0.2) is 30.5 Å². The van der Waals surface area contributed by atoms with E-state index in [9.17, 15) is 17.6 Å². The van der Waals surface area contributed by atoms with Crippen molar-refractivity contribution >= 4 is 44.6 Å². The number of halogens is 2. The molecular formula is C15H19ClFN3O3S2. The van der Waals surface area contributed by atoms with Crippen LogP contribution in [0.3, 0.4) is 0 Å². The number of amides is 1. The fraction of sp³-hybridized carbons (Fsp3) is 0.333. The number of hydrogen-bond acceptors (Lipinski definition) is 6. The standard InChI is InChI=1S/C15H18FN3O3S2.ClH/c1-24(21,22)6-5-13(17)14(20)19-15-18-9-12(23-15)8-10-3-2-4-11(16)7-10;/h2-4,7,9,13H,5-6,8,17H2,1H3,(H,18,19,20);1H. The van der Waals surface area contributed by atoms with E-state index in [2.05, 4.69) is 10.3 Å². The number of sulfone groups is 1. The lowest BCUT2D eigenvalue weighted by Crippen LogP contribution is -2.37. The third-order valence-electron chi connectivity index (χ3n) is 3.19. The summed E-state index contributed by atoms with van der Waals surface area (Å²) in [4.78, 5) is 16.9. The zero-order chi connectivity index (χ0) is 17.7. The molecule has 10 heteroatoms. The largest absolute Gasteiger partial charge is 0.320 e. The molecule has 1 amide bonds. The van der Waals surface area contributed by atoms with Crippen LogP contribution in [0.5, 0.6) is 0 Å². The highest BCUT2D eigenvalue weighted by Crippen LogP contribution is 2.21. The van der Waals surface area contributed by atoms with Gasteiger partial charge in [0.1, 0.15) is 15.7 Å². The summed E-state index contributed by atoms with van der Waals surface area (Å²) < 4.78 is 35.4. The molecule has 0 aliphatic rings. The van der Waals surface area contributed by atoms with Crippen LogP contribution >= 0.6 is 23.7 Å². The van der Waals surface area contributed by atoms with Crippen molar-refractivity contribution in [1.82, 2.24) is 4.98 Å². The number of nitrogens with one attached hydrogen (secondary N) is 1. The molecule has 1 aromatic heterocycles. The molecule has 1 aromatic carbocycles. The highest BCUT2D eigenvalue weighted by molar-refractivity contribution is 7.90. The molecule has 0 saturated heterocycles. The Morgan fingerprint density at radius 2 is 2.16 bits per heavy atom. The number of thiazole rings is 1. The number of aromatic nitrogens is 1. The maximum atomic E-state index is 13.2. The molecule has 0 bridgehead atoms. The van der Waals surface area contributed by atoms with Crippen molar-refractivity contribution in [2.45, 2.75) is 18.9 Å². The Labute approximate surface area is 156 Å². The molecule has 1 heterocycles. The zero-order valence-corrected chi connectivity index (χ0v) is 15.9. The van der Waals surface area contributed by atoms with Gasteiger partial charge in [0.15, 0.2) is 5.13 Å². The van der Waals surface area contributed by atoms with Gasteiger partial charge in [-0.3, -0.25) is 4.79 Å². The van der Waals surface area contributed by atoms with Gasteiger partial charge in [0.2, 0.25) is 5.91 Å². The minimum Gasteiger partial charge on any atom is -0.320 e. The molecule has 2 aromatic rings. The fourth-order valence-electron chi connectivity index (χ4n) is 1.97. The van der Waals surface area contributed by atoms with Crippen molar-refractivity contribution in [2.75, 3.05) is 17.3 Å². The topological polar surface area (TPSA) is 102 Å². The van der Waals surface area contributed by atoms with Crippen molar-refractivity contribution in [3.8, 4) is 0 Å². The van der Waals surface area contributed by atoms with Crippen LogP contribution < -0.4 is 11.1 Å². The Kier molecular flexibility index (Phi) is 7.94. The first-order valence-corrected chi connectivity index (χ1v) is 10.0. The number of rotatable bonds is 7. The zero-order valence-electron chi connectivity index (χ0n) is 13.4. The minimum atomic E-state index is -3.16. The van der Waals surface area contributed by atoms with Crippen molar-refractivity contribution in [3.05, 3.63) is 46.7 Å². The summed E-state index contributed by atoms with van der Waals surface area (Å²) in [6.45, 7) is 0. The molecule has 6 nitrogen and oxygen atoms in total. The van der Waals surface area contributed by atoms with Crippen molar-refractivity contribution < 1.29 is 17.6 Å². The summed E-state index contributed by atoms with van der Waals surface area (Å²) in [5.41, 5.74) is 6.48. The van der Waals surface area contributed by atoms with Crippen LogP contribution in [0.4, 0.5) is 9.52 Å². The number of anilines is 1. The minimum absolute atomic E-state index is 0. The van der Waals surface area contributed by atoms with E-state index in [1.807, 2.05) is 6.07 Å². The van der Waals surface area contributed by atoms with Gasteiger partial charge >= 0.3 is 0 Å². The molecule has 0 radical (unpaired) electrons. The molecular weight excluding hydrogens is 389 g/mol. The Bertz CT molecular complexity index is 827. The number of nitrogens with two attached hydrogens (primary N) is 1. The van der Waals surface area contributed by atoms with E-state index in [1.54, 1.807) is 12.3 Å². The fourth-order valence-corrected chi connectivity index (χ4v) is 3.50. The van der Waals surface area contributed by atoms with Gasteiger partial charge in [-0.1, -0.05) is 12.1 Å². The predicted octanol–water partition coefficient (Wildman–Crippen LogP) is 2.00. The second-order valence-electron chi connectivity index (χ2n) is 5.45. The van der Waals surface area contributed by atoms with Gasteiger partial charge in [0.05, 0.1) is 11.8 Å². The number of nitrogens with zero attached hydrogens (tertiary/aromatic N) is 1. The summed E-state index contributed by atoms with van der Waals surface area (Å²) in [5, 5.41) is 2.95. The molecule has 138 valence electrons. The van der Waals surface area contributed by atoms with Crippen LogP contribution in [0, 0.1) is 5.82 Å². The van der Waals surface area contributed by atoms with E-state index in [0.29, 0.717) is 11.6 Å². The molecule has 0 spiro atoms. The van der Waals surface area contributed by atoms with Gasteiger partial charge in [-0.25, -0.2) is 17.8 Å². The molecule has 1 atom stereocenters. The highest BCUT2D eigenvalue weighted by Gasteiger charge is 2.17. The van der Waals surface area contributed by atoms with Crippen LogP contribution in [-0.4, -0.2) is 37.4 Å². The molecule has 0 fully saturated rings. The normalized spacial score (nSPS) is 12.3. The van der Waals surface area contributed by atoms with E-state index >= 15 is 0 Å². The predicted molar refractivity (Wildman–Crippen MR) is 99.5 cm³/mol. The van der Waals surface area contributed by atoms with Gasteiger partial charge < -0.3 is 11.1 Å². The quantitative estimate of drug-likeness (QED) is 0.730. The second kappa shape index (κ2) is 9.23. The summed E-state index contributed by atoms with van der Waals surface area (Å²) in [6, 6.07) is 5.34. The smallest absolute Gasteiger partial charge is 0.243 e. The Morgan fingerprint density at radius 3 is 2.80 bits per heavy atom. The Hall–Kier alpha value is -1.55. The molecule has 3 N–H and O–H groups in total. The maximum Gasteiger partial charge on any atom is 0.243 e. The molecule has 0 aliphatic carbocycles. The Balaban J connectivity index is 0.00000312. The number of hydrogen-bond donors (Lipinski definition) is 2. The second-order valence-corrected chi connectivity index (χ2v) is 8.83. The molecule has 25 heavy (non-hydrogen) atoms. The van der Waals surface area contributed by atoms with Crippen molar-refractivity contribution in [2.24, 2.45) is 5.73 Å². The number of benzene rings is 1. The van der Waals surface area contributed by atoms with Crippen molar-refractivity contribution in [1.29, 1.82) is 0 Å². The number of carbonyl (C=O) groups excluding carboxylic acids is 1. The highest BCUT2D eigenvalue weighted by atomic mass is 35.5. The van der Waals surface area contributed by atoms with E-state index in [4.69, 9.17) is 5.73 Å². The lowest BCUT2D eigenvalue weighted by Gasteiger charge is -2.09. The molecule has 1 unspecified atom stereocenters. The SMILES string of the molecule is CS(=O)(=O)CCC(N)C(=O)Nc1ncc(Cc2cccc(F)c2)s1.Cl. The van der Waals surface area contributed by atoms with E-state index in [0.717, 1.165) is 16.7 Å². The third-order valence-corrected chi connectivity index (χ3v) is 5.08. The maximum absolute atomic E-state index is 13.2. The van der Waals surface area contributed by atoms with Crippen LogP contribution in [0.2, 0.25) is 0 Å². The number of carbonyl (C=O) groups is 1. The average Bonchev–Trinajstić information content (AvgIpc) is 2.91. The average molecular weight is 408 g/mol. The molecule has 2 rings (SSSR count). The van der Waals surface area contributed by atoms with Crippen LogP contribution in [0.1, 0.15) is 16.9 Å². The van der Waals surface area contributed by atoms with Crippen LogP contribution in [0.25, 0.3) is 0 Å². The van der Waals surface area contributed by atoms with Gasteiger partial charge in [0, 0.05) is 23.8 Å². The lowest BCUT2D eigenvalue weighted by molar-refractivity contribution is -0.117. The first-order valence-electron chi connectivity index (χ1n) is 7.16. The van der Waals surface area contributed by atoms with Gasteiger partial charge in [0.25, 0.3) is 0 Å². The van der Waals surface area contributed by atoms with Gasteiger partial charge in [-0.2, -0.15) is 0 Å². The summed E-state index contributed by atoms with van der Waals surface area (Å²) >= 11 is 1.26.